The number of carbonyl (C=O) groups excluding carboxylic acids is 3. The smallest absolute Gasteiger partial charge is 0.329 e. The molecular formula is C16H19N3O5S. The third-order valence-electron chi connectivity index (χ3n) is 3.19. The molecule has 2 rings (SSSR count). The van der Waals surface area contributed by atoms with Gasteiger partial charge in [-0.05, 0) is 24.3 Å². The quantitative estimate of drug-likeness (QED) is 0.726. The molecule has 0 radical (unpaired) electrons. The monoisotopic (exact) mass is 365 g/mol. The van der Waals surface area contributed by atoms with E-state index in [4.69, 9.17) is 9.26 Å². The number of rotatable bonds is 7. The molecule has 2 amide bonds. The van der Waals surface area contributed by atoms with Gasteiger partial charge in [-0.25, -0.2) is 4.79 Å². The first kappa shape index (κ1) is 18.7. The van der Waals surface area contributed by atoms with Crippen LogP contribution in [0.1, 0.15) is 29.3 Å². The highest BCUT2D eigenvalue weighted by Gasteiger charge is 2.27. The van der Waals surface area contributed by atoms with Crippen LogP contribution in [0.4, 0.5) is 5.82 Å². The van der Waals surface area contributed by atoms with Gasteiger partial charge in [-0.1, -0.05) is 25.1 Å². The Bertz CT molecular complexity index is 739. The van der Waals surface area contributed by atoms with E-state index in [0.29, 0.717) is 10.6 Å². The van der Waals surface area contributed by atoms with Crippen LogP contribution >= 0.6 is 11.3 Å². The number of hydrogen-bond donors (Lipinski definition) is 2. The van der Waals surface area contributed by atoms with Gasteiger partial charge in [0.05, 0.1) is 4.88 Å². The van der Waals surface area contributed by atoms with Gasteiger partial charge in [0.1, 0.15) is 11.8 Å². The number of aryl methyl sites for hydroxylation is 1. The van der Waals surface area contributed by atoms with Crippen LogP contribution in [-0.4, -0.2) is 35.6 Å². The third-order valence-corrected chi connectivity index (χ3v) is 4.06. The second-order valence-electron chi connectivity index (χ2n) is 5.65. The zero-order chi connectivity index (χ0) is 18.4. The number of ether oxygens (including phenoxy) is 1. The van der Waals surface area contributed by atoms with Crippen molar-refractivity contribution in [1.82, 2.24) is 10.5 Å². The normalized spacial score (nSPS) is 11.8. The molecule has 0 saturated heterocycles. The van der Waals surface area contributed by atoms with Crippen LogP contribution in [0, 0.1) is 12.8 Å². The zero-order valence-corrected chi connectivity index (χ0v) is 14.9. The van der Waals surface area contributed by atoms with Crippen LogP contribution in [0.25, 0.3) is 0 Å². The first-order valence-corrected chi connectivity index (χ1v) is 8.49. The van der Waals surface area contributed by atoms with Gasteiger partial charge in [-0.15, -0.1) is 11.3 Å². The van der Waals surface area contributed by atoms with Crippen molar-refractivity contribution in [3.63, 3.8) is 0 Å². The number of nitrogens with zero attached hydrogens (tertiary/aromatic N) is 1. The maximum atomic E-state index is 12.2. The van der Waals surface area contributed by atoms with E-state index >= 15 is 0 Å². The highest BCUT2D eigenvalue weighted by atomic mass is 32.1. The average Bonchev–Trinajstić information content (AvgIpc) is 3.21. The molecule has 25 heavy (non-hydrogen) atoms. The fourth-order valence-corrected chi connectivity index (χ4v) is 2.58. The van der Waals surface area contributed by atoms with Gasteiger partial charge in [0, 0.05) is 6.07 Å². The lowest BCUT2D eigenvalue weighted by Gasteiger charge is -2.20. The summed E-state index contributed by atoms with van der Waals surface area (Å²) in [6.45, 7) is 4.76. The maximum Gasteiger partial charge on any atom is 0.329 e. The molecule has 2 heterocycles. The van der Waals surface area contributed by atoms with E-state index in [1.165, 1.54) is 17.4 Å². The Morgan fingerprint density at radius 2 is 2.12 bits per heavy atom. The van der Waals surface area contributed by atoms with Crippen LogP contribution in [0.2, 0.25) is 0 Å². The number of amides is 2. The predicted molar refractivity (Wildman–Crippen MR) is 91.2 cm³/mol. The molecule has 0 fully saturated rings. The fraction of sp³-hybridized carbons (Fsp3) is 0.375. The zero-order valence-electron chi connectivity index (χ0n) is 14.1. The molecule has 134 valence electrons. The lowest BCUT2D eigenvalue weighted by molar-refractivity contribution is -0.150. The molecule has 0 aliphatic rings. The molecule has 2 aromatic rings. The van der Waals surface area contributed by atoms with Crippen molar-refractivity contribution in [2.75, 3.05) is 11.9 Å². The number of anilines is 1. The number of thiophene rings is 1. The lowest BCUT2D eigenvalue weighted by atomic mass is 10.0. The SMILES string of the molecule is Cc1cc(NC(=O)COC(=O)[C@@H](NC(=O)c2cccs2)C(C)C)no1. The summed E-state index contributed by atoms with van der Waals surface area (Å²) in [6, 6.07) is 4.10. The molecule has 0 aliphatic carbocycles. The summed E-state index contributed by atoms with van der Waals surface area (Å²) in [7, 11) is 0. The number of esters is 1. The highest BCUT2D eigenvalue weighted by molar-refractivity contribution is 7.12. The van der Waals surface area contributed by atoms with Gasteiger partial charge in [-0.3, -0.25) is 9.59 Å². The molecule has 0 aromatic carbocycles. The van der Waals surface area contributed by atoms with Crippen LogP contribution in [0.15, 0.2) is 28.1 Å². The van der Waals surface area contributed by atoms with Crippen LogP contribution in [0.5, 0.6) is 0 Å². The fourth-order valence-electron chi connectivity index (χ4n) is 1.95. The van der Waals surface area contributed by atoms with Crippen molar-refractivity contribution < 1.29 is 23.6 Å². The van der Waals surface area contributed by atoms with Gasteiger partial charge in [-0.2, -0.15) is 0 Å². The minimum absolute atomic E-state index is 0.197. The summed E-state index contributed by atoms with van der Waals surface area (Å²) >= 11 is 1.27. The minimum atomic E-state index is -0.850. The highest BCUT2D eigenvalue weighted by Crippen LogP contribution is 2.11. The Morgan fingerprint density at radius 3 is 2.68 bits per heavy atom. The Hall–Kier alpha value is -2.68. The van der Waals surface area contributed by atoms with E-state index in [1.54, 1.807) is 38.3 Å². The second kappa shape index (κ2) is 8.43. The van der Waals surface area contributed by atoms with Crippen molar-refractivity contribution in [2.45, 2.75) is 26.8 Å². The third kappa shape index (κ3) is 5.42. The summed E-state index contributed by atoms with van der Waals surface area (Å²) in [4.78, 5) is 36.6. The molecule has 9 heteroatoms. The number of aromatic nitrogens is 1. The molecule has 8 nitrogen and oxygen atoms in total. The summed E-state index contributed by atoms with van der Waals surface area (Å²) < 4.78 is 9.82. The maximum absolute atomic E-state index is 12.2. The molecule has 2 N–H and O–H groups in total. The molecule has 1 atom stereocenters. The molecule has 0 saturated carbocycles. The Balaban J connectivity index is 1.87. The van der Waals surface area contributed by atoms with Gasteiger partial charge in [0.15, 0.2) is 12.4 Å². The van der Waals surface area contributed by atoms with Crippen molar-refractivity contribution >= 4 is 34.9 Å². The first-order valence-electron chi connectivity index (χ1n) is 7.61. The van der Waals surface area contributed by atoms with E-state index < -0.39 is 24.5 Å². The number of carbonyl (C=O) groups is 3. The van der Waals surface area contributed by atoms with E-state index in [2.05, 4.69) is 15.8 Å². The summed E-state index contributed by atoms with van der Waals surface area (Å²) in [6.07, 6.45) is 0. The second-order valence-corrected chi connectivity index (χ2v) is 6.60. The molecular weight excluding hydrogens is 346 g/mol. The largest absolute Gasteiger partial charge is 0.454 e. The van der Waals surface area contributed by atoms with Crippen molar-refractivity contribution in [2.24, 2.45) is 5.92 Å². The van der Waals surface area contributed by atoms with Crippen LogP contribution < -0.4 is 10.6 Å². The molecule has 2 aromatic heterocycles. The van der Waals surface area contributed by atoms with E-state index in [0.717, 1.165) is 0 Å². The summed E-state index contributed by atoms with van der Waals surface area (Å²) in [5, 5.41) is 10.5. The standard InChI is InChI=1S/C16H19N3O5S/c1-9(2)14(18-15(21)11-5-4-6-25-11)16(22)23-8-13(20)17-12-7-10(3)24-19-12/h4-7,9,14H,8H2,1-3H3,(H,18,21)(H,17,19,20)/t14-/m0/s1. The van der Waals surface area contributed by atoms with Gasteiger partial charge in [0.2, 0.25) is 0 Å². The minimum Gasteiger partial charge on any atom is -0.454 e. The van der Waals surface area contributed by atoms with Crippen molar-refractivity contribution in [3.8, 4) is 0 Å². The summed E-state index contributed by atoms with van der Waals surface area (Å²) in [5.74, 6) is -0.987. The average molecular weight is 365 g/mol. The first-order chi connectivity index (χ1) is 11.9. The molecule has 0 spiro atoms. The van der Waals surface area contributed by atoms with E-state index in [9.17, 15) is 14.4 Å². The molecule has 0 aliphatic heterocycles. The topological polar surface area (TPSA) is 111 Å². The van der Waals surface area contributed by atoms with E-state index in [-0.39, 0.29) is 17.6 Å². The van der Waals surface area contributed by atoms with Gasteiger partial charge in [0.25, 0.3) is 11.8 Å². The Labute approximate surface area is 148 Å². The van der Waals surface area contributed by atoms with Gasteiger partial charge >= 0.3 is 5.97 Å². The predicted octanol–water partition coefficient (Wildman–Crippen LogP) is 1.98. The van der Waals surface area contributed by atoms with Crippen LogP contribution in [0.3, 0.4) is 0 Å². The molecule has 0 unspecified atom stereocenters. The van der Waals surface area contributed by atoms with Crippen LogP contribution in [-0.2, 0) is 14.3 Å². The Morgan fingerprint density at radius 1 is 1.36 bits per heavy atom. The van der Waals surface area contributed by atoms with E-state index in [1.807, 2.05) is 0 Å². The van der Waals surface area contributed by atoms with Gasteiger partial charge < -0.3 is 19.9 Å². The lowest BCUT2D eigenvalue weighted by Crippen LogP contribution is -2.45. The van der Waals surface area contributed by atoms with Crippen molar-refractivity contribution in [3.05, 3.63) is 34.2 Å². The number of nitrogens with one attached hydrogen (secondary N) is 2. The Kier molecular flexibility index (Phi) is 6.29. The number of hydrogen-bond acceptors (Lipinski definition) is 7. The molecule has 0 bridgehead atoms. The van der Waals surface area contributed by atoms with Crippen molar-refractivity contribution in [1.29, 1.82) is 0 Å². The summed E-state index contributed by atoms with van der Waals surface area (Å²) in [5.41, 5.74) is 0.